The first-order chi connectivity index (χ1) is 10.9. The zero-order chi connectivity index (χ0) is 16.9. The van der Waals surface area contributed by atoms with Crippen LogP contribution in [0.2, 0.25) is 0 Å². The van der Waals surface area contributed by atoms with Crippen molar-refractivity contribution in [3.8, 4) is 11.5 Å². The van der Waals surface area contributed by atoms with Gasteiger partial charge in [-0.2, -0.15) is 0 Å². The van der Waals surface area contributed by atoms with Gasteiger partial charge in [0.1, 0.15) is 17.1 Å². The molecule has 7 nitrogen and oxygen atoms in total. The number of para-hydroxylation sites is 1. The maximum Gasteiger partial charge on any atom is 0.361 e. The molecule has 0 aliphatic heterocycles. The van der Waals surface area contributed by atoms with Crippen LogP contribution in [0, 0.1) is 0 Å². The van der Waals surface area contributed by atoms with Crippen molar-refractivity contribution in [3.05, 3.63) is 54.1 Å². The zero-order valence-electron chi connectivity index (χ0n) is 12.2. The Bertz CT molecular complexity index is 786. The van der Waals surface area contributed by atoms with Crippen molar-refractivity contribution in [2.45, 2.75) is 11.8 Å². The molecular formula is C15H15NO6S. The fourth-order valence-corrected chi connectivity index (χ4v) is 2.50. The summed E-state index contributed by atoms with van der Waals surface area (Å²) >= 11 is 0. The highest BCUT2D eigenvalue weighted by Crippen LogP contribution is 2.18. The van der Waals surface area contributed by atoms with Gasteiger partial charge in [0.25, 0.3) is 10.0 Å². The summed E-state index contributed by atoms with van der Waals surface area (Å²) in [4.78, 5) is 17.9. The van der Waals surface area contributed by atoms with Crippen LogP contribution in [0.4, 0.5) is 0 Å². The van der Waals surface area contributed by atoms with E-state index in [0.717, 1.165) is 0 Å². The molecule has 0 aliphatic carbocycles. The molecule has 0 spiro atoms. The van der Waals surface area contributed by atoms with E-state index in [1.54, 1.807) is 4.89 Å². The minimum absolute atomic E-state index is 0.0916. The van der Waals surface area contributed by atoms with Gasteiger partial charge in [0.05, 0.1) is 11.5 Å². The fourth-order valence-electron chi connectivity index (χ4n) is 1.72. The third kappa shape index (κ3) is 4.21. The van der Waals surface area contributed by atoms with Gasteiger partial charge in [-0.05, 0) is 48.2 Å². The summed E-state index contributed by atoms with van der Waals surface area (Å²) in [7, 11) is -4.04. The Kier molecular flexibility index (Phi) is 5.20. The van der Waals surface area contributed by atoms with E-state index in [-0.39, 0.29) is 16.2 Å². The second kappa shape index (κ2) is 7.12. The van der Waals surface area contributed by atoms with Gasteiger partial charge in [-0.3, -0.25) is 0 Å². The zero-order valence-corrected chi connectivity index (χ0v) is 13.0. The number of ether oxygens (including phenoxy) is 1. The van der Waals surface area contributed by atoms with Crippen molar-refractivity contribution in [2.24, 2.45) is 0 Å². The number of rotatable bonds is 6. The van der Waals surface area contributed by atoms with Crippen LogP contribution in [-0.4, -0.2) is 26.1 Å². The predicted octanol–water partition coefficient (Wildman–Crippen LogP) is 1.84. The van der Waals surface area contributed by atoms with Crippen LogP contribution >= 0.6 is 0 Å². The number of benzene rings is 2. The van der Waals surface area contributed by atoms with Gasteiger partial charge in [0.2, 0.25) is 0 Å². The lowest BCUT2D eigenvalue weighted by molar-refractivity contribution is 0.0404. The van der Waals surface area contributed by atoms with Crippen molar-refractivity contribution in [1.82, 2.24) is 4.89 Å². The molecule has 2 aromatic rings. The molecule has 0 amide bonds. The highest BCUT2D eigenvalue weighted by atomic mass is 32.2. The Morgan fingerprint density at radius 2 is 1.78 bits per heavy atom. The highest BCUT2D eigenvalue weighted by Gasteiger charge is 2.19. The van der Waals surface area contributed by atoms with E-state index in [1.807, 2.05) is 6.92 Å². The van der Waals surface area contributed by atoms with Gasteiger partial charge < -0.3 is 14.7 Å². The second-order valence-electron chi connectivity index (χ2n) is 4.40. The number of hydrogen-bond donors (Lipinski definition) is 2. The fraction of sp³-hybridized carbons (Fsp3) is 0.133. The van der Waals surface area contributed by atoms with Crippen molar-refractivity contribution in [1.29, 1.82) is 0 Å². The largest absolute Gasteiger partial charge is 0.507 e. The summed E-state index contributed by atoms with van der Waals surface area (Å²) in [5, 5.41) is 9.52. The summed E-state index contributed by atoms with van der Waals surface area (Å²) in [6.07, 6.45) is 0. The molecule has 0 atom stereocenters. The summed E-state index contributed by atoms with van der Waals surface area (Å²) < 4.78 is 29.3. The van der Waals surface area contributed by atoms with Gasteiger partial charge in [0, 0.05) is 0 Å². The van der Waals surface area contributed by atoms with Gasteiger partial charge >= 0.3 is 5.97 Å². The van der Waals surface area contributed by atoms with Crippen molar-refractivity contribution in [3.63, 3.8) is 0 Å². The SMILES string of the molecule is CCOc1ccc(S(=O)(=O)NOC(=O)c2ccccc2O)cc1. The van der Waals surface area contributed by atoms with Crippen molar-refractivity contribution in [2.75, 3.05) is 6.61 Å². The number of phenolic OH excluding ortho intramolecular Hbond substituents is 1. The number of aromatic hydroxyl groups is 1. The Morgan fingerprint density at radius 1 is 1.13 bits per heavy atom. The number of sulfonamides is 1. The minimum Gasteiger partial charge on any atom is -0.507 e. The molecule has 0 saturated heterocycles. The molecule has 0 aromatic heterocycles. The van der Waals surface area contributed by atoms with Crippen LogP contribution in [0.25, 0.3) is 0 Å². The third-order valence-corrected chi connectivity index (χ3v) is 4.01. The Balaban J connectivity index is 2.06. The molecule has 2 rings (SSSR count). The van der Waals surface area contributed by atoms with Crippen molar-refractivity contribution < 1.29 is 27.9 Å². The number of hydrogen-bond acceptors (Lipinski definition) is 6. The van der Waals surface area contributed by atoms with E-state index in [2.05, 4.69) is 4.84 Å². The van der Waals surface area contributed by atoms with E-state index in [1.165, 1.54) is 48.5 Å². The average Bonchev–Trinajstić information content (AvgIpc) is 2.54. The molecule has 0 fully saturated rings. The molecule has 8 heteroatoms. The summed E-state index contributed by atoms with van der Waals surface area (Å²) in [5.74, 6) is -0.798. The number of nitrogens with one attached hydrogen (secondary N) is 1. The van der Waals surface area contributed by atoms with Crippen LogP contribution < -0.4 is 9.62 Å². The first kappa shape index (κ1) is 16.8. The van der Waals surface area contributed by atoms with E-state index < -0.39 is 16.0 Å². The Labute approximate surface area is 133 Å². The molecule has 0 heterocycles. The van der Waals surface area contributed by atoms with Gasteiger partial charge in [-0.1, -0.05) is 12.1 Å². The lowest BCUT2D eigenvalue weighted by Gasteiger charge is -2.08. The van der Waals surface area contributed by atoms with E-state index in [4.69, 9.17) is 4.74 Å². The van der Waals surface area contributed by atoms with E-state index in [0.29, 0.717) is 12.4 Å². The molecular weight excluding hydrogens is 322 g/mol. The lowest BCUT2D eigenvalue weighted by Crippen LogP contribution is -2.27. The molecule has 122 valence electrons. The van der Waals surface area contributed by atoms with Gasteiger partial charge in [0.15, 0.2) is 0 Å². The van der Waals surface area contributed by atoms with Crippen LogP contribution in [0.1, 0.15) is 17.3 Å². The first-order valence-corrected chi connectivity index (χ1v) is 8.16. The predicted molar refractivity (Wildman–Crippen MR) is 81.5 cm³/mol. The average molecular weight is 337 g/mol. The Morgan fingerprint density at radius 3 is 2.39 bits per heavy atom. The molecule has 0 radical (unpaired) electrons. The van der Waals surface area contributed by atoms with Crippen LogP contribution in [0.5, 0.6) is 11.5 Å². The number of carbonyl (C=O) groups is 1. The number of carbonyl (C=O) groups excluding carboxylic acids is 1. The monoisotopic (exact) mass is 337 g/mol. The molecule has 0 aliphatic rings. The quantitative estimate of drug-likeness (QED) is 0.780. The molecule has 0 unspecified atom stereocenters. The standard InChI is InChI=1S/C15H15NO6S/c1-2-21-11-7-9-12(10-8-11)23(19,20)16-22-15(18)13-5-3-4-6-14(13)17/h3-10,16-17H,2H2,1H3. The van der Waals surface area contributed by atoms with Crippen LogP contribution in [0.3, 0.4) is 0 Å². The molecule has 0 bridgehead atoms. The summed E-state index contributed by atoms with van der Waals surface area (Å²) in [6.45, 7) is 2.27. The summed E-state index contributed by atoms with van der Waals surface area (Å²) in [6, 6.07) is 11.3. The van der Waals surface area contributed by atoms with E-state index in [9.17, 15) is 18.3 Å². The molecule has 0 saturated carbocycles. The molecule has 2 N–H and O–H groups in total. The Hall–Kier alpha value is -2.58. The van der Waals surface area contributed by atoms with Gasteiger partial charge in [-0.25, -0.2) is 13.2 Å². The first-order valence-electron chi connectivity index (χ1n) is 6.68. The number of phenols is 1. The highest BCUT2D eigenvalue weighted by molar-refractivity contribution is 7.89. The molecule has 23 heavy (non-hydrogen) atoms. The van der Waals surface area contributed by atoms with Crippen LogP contribution in [-0.2, 0) is 14.9 Å². The maximum absolute atomic E-state index is 12.0. The van der Waals surface area contributed by atoms with Gasteiger partial charge in [-0.15, -0.1) is 0 Å². The van der Waals surface area contributed by atoms with Crippen molar-refractivity contribution >= 4 is 16.0 Å². The third-order valence-electron chi connectivity index (χ3n) is 2.81. The molecule has 2 aromatic carbocycles. The second-order valence-corrected chi connectivity index (χ2v) is 6.04. The normalized spacial score (nSPS) is 11.0. The topological polar surface area (TPSA) is 102 Å². The maximum atomic E-state index is 12.0. The smallest absolute Gasteiger partial charge is 0.361 e. The lowest BCUT2D eigenvalue weighted by atomic mass is 10.2. The van der Waals surface area contributed by atoms with E-state index >= 15 is 0 Å². The van der Waals surface area contributed by atoms with Crippen LogP contribution in [0.15, 0.2) is 53.4 Å². The summed E-state index contributed by atoms with van der Waals surface area (Å²) in [5.41, 5.74) is -0.151. The minimum atomic E-state index is -4.04.